The summed E-state index contributed by atoms with van der Waals surface area (Å²) < 4.78 is 10.4. The van der Waals surface area contributed by atoms with Crippen LogP contribution >= 0.6 is 11.6 Å². The lowest BCUT2D eigenvalue weighted by molar-refractivity contribution is 0.0139. The summed E-state index contributed by atoms with van der Waals surface area (Å²) in [4.78, 5) is 31.0. The van der Waals surface area contributed by atoms with Crippen molar-refractivity contribution >= 4 is 29.4 Å². The van der Waals surface area contributed by atoms with Gasteiger partial charge in [-0.15, -0.1) is 0 Å². The molecule has 234 valence electrons. The van der Waals surface area contributed by atoms with Crippen LogP contribution in [0.15, 0.2) is 66.7 Å². The Kier molecular flexibility index (Phi) is 10.2. The first-order valence-electron chi connectivity index (χ1n) is 15.6. The maximum Gasteiger partial charge on any atom is 0.410 e. The van der Waals surface area contributed by atoms with Gasteiger partial charge < -0.3 is 19.3 Å². The topological polar surface area (TPSA) is 62.3 Å². The van der Waals surface area contributed by atoms with E-state index in [4.69, 9.17) is 21.1 Å². The number of anilines is 1. The molecule has 2 aliphatic heterocycles. The van der Waals surface area contributed by atoms with Crippen LogP contribution in [0.25, 0.3) is 11.1 Å². The maximum absolute atomic E-state index is 12.5. The first kappa shape index (κ1) is 31.9. The molecule has 0 unspecified atom stereocenters. The van der Waals surface area contributed by atoms with E-state index >= 15 is 0 Å². The first-order valence-corrected chi connectivity index (χ1v) is 16.0. The van der Waals surface area contributed by atoms with Crippen molar-refractivity contribution in [2.75, 3.05) is 51.3 Å². The average Bonchev–Trinajstić information content (AvgIpc) is 3.01. The number of benzene rings is 3. The number of halogens is 1. The van der Waals surface area contributed by atoms with Gasteiger partial charge in [-0.05, 0) is 105 Å². The van der Waals surface area contributed by atoms with E-state index in [1.54, 1.807) is 0 Å². The Labute approximate surface area is 266 Å². The highest BCUT2D eigenvalue weighted by atomic mass is 35.5. The summed E-state index contributed by atoms with van der Waals surface area (Å²) in [6.07, 6.45) is 3.01. The number of hydrogen-bond acceptors (Lipinski definition) is 6. The molecule has 0 radical (unpaired) electrons. The monoisotopic (exact) mass is 617 g/mol. The van der Waals surface area contributed by atoms with E-state index < -0.39 is 5.60 Å². The highest BCUT2D eigenvalue weighted by Crippen LogP contribution is 2.32. The Balaban J connectivity index is 1.24. The number of carbonyl (C=O) groups excluding carboxylic acids is 2. The van der Waals surface area contributed by atoms with Crippen molar-refractivity contribution < 1.29 is 19.1 Å². The standard InChI is InChI=1S/C36H44ClN3O4/c1-36(2,3)44-35(42)40-21-19-38(20-22-40)25-27-5-14-33(28-6-10-31(37)11-7-28)30(24-27)23-26-15-17-39(18-16-26)32-12-8-29(9-13-32)34(41)43-4/h5-14,24,26H,15-23,25H2,1-4H3. The molecule has 3 aromatic rings. The predicted octanol–water partition coefficient (Wildman–Crippen LogP) is 7.31. The zero-order valence-electron chi connectivity index (χ0n) is 26.4. The van der Waals surface area contributed by atoms with Crippen molar-refractivity contribution in [2.45, 2.75) is 52.2 Å². The molecule has 2 saturated heterocycles. The number of carbonyl (C=O) groups is 2. The van der Waals surface area contributed by atoms with Gasteiger partial charge in [0.05, 0.1) is 12.7 Å². The fraction of sp³-hybridized carbons (Fsp3) is 0.444. The molecule has 5 rings (SSSR count). The molecule has 0 bridgehead atoms. The number of piperidine rings is 1. The van der Waals surface area contributed by atoms with Gasteiger partial charge in [0.15, 0.2) is 0 Å². The van der Waals surface area contributed by atoms with E-state index in [9.17, 15) is 9.59 Å². The van der Waals surface area contributed by atoms with Gasteiger partial charge in [-0.1, -0.05) is 41.9 Å². The molecule has 2 fully saturated rings. The van der Waals surface area contributed by atoms with Crippen molar-refractivity contribution in [3.05, 3.63) is 88.4 Å². The second kappa shape index (κ2) is 14.0. The fourth-order valence-corrected chi connectivity index (χ4v) is 6.26. The average molecular weight is 618 g/mol. The molecule has 0 spiro atoms. The molecule has 0 atom stereocenters. The Bertz CT molecular complexity index is 1420. The van der Waals surface area contributed by atoms with E-state index in [0.29, 0.717) is 24.6 Å². The van der Waals surface area contributed by atoms with E-state index in [-0.39, 0.29) is 12.1 Å². The summed E-state index contributed by atoms with van der Waals surface area (Å²) in [6.45, 7) is 11.5. The Morgan fingerprint density at radius 1 is 0.864 bits per heavy atom. The summed E-state index contributed by atoms with van der Waals surface area (Å²) in [7, 11) is 1.41. The molecule has 0 saturated carbocycles. The molecule has 0 aliphatic carbocycles. The third-order valence-corrected chi connectivity index (χ3v) is 8.78. The number of esters is 1. The number of piperazine rings is 1. The molecule has 3 aromatic carbocycles. The van der Waals surface area contributed by atoms with Crippen LogP contribution in [0.2, 0.25) is 5.02 Å². The quantitative estimate of drug-likeness (QED) is 0.259. The van der Waals surface area contributed by atoms with Gasteiger partial charge in [-0.3, -0.25) is 4.90 Å². The van der Waals surface area contributed by atoms with Crippen molar-refractivity contribution in [2.24, 2.45) is 5.92 Å². The lowest BCUT2D eigenvalue weighted by Gasteiger charge is -2.36. The van der Waals surface area contributed by atoms with Crippen LogP contribution < -0.4 is 4.90 Å². The minimum atomic E-state index is -0.482. The number of methoxy groups -OCH3 is 1. The first-order chi connectivity index (χ1) is 21.1. The number of ether oxygens (including phenoxy) is 2. The van der Waals surface area contributed by atoms with Gasteiger partial charge in [0, 0.05) is 56.5 Å². The molecule has 8 heteroatoms. The van der Waals surface area contributed by atoms with Crippen LogP contribution in [0.5, 0.6) is 0 Å². The Hall–Kier alpha value is -3.55. The lowest BCUT2D eigenvalue weighted by atomic mass is 9.86. The number of hydrogen-bond donors (Lipinski definition) is 0. The summed E-state index contributed by atoms with van der Waals surface area (Å²) in [5, 5.41) is 0.740. The van der Waals surface area contributed by atoms with Gasteiger partial charge in [0.2, 0.25) is 0 Å². The summed E-state index contributed by atoms with van der Waals surface area (Å²) in [5.41, 5.74) is 6.36. The number of rotatable bonds is 7. The molecule has 0 aromatic heterocycles. The largest absolute Gasteiger partial charge is 0.465 e. The molecule has 2 aliphatic rings. The molecule has 2 heterocycles. The SMILES string of the molecule is COC(=O)c1ccc(N2CCC(Cc3cc(CN4CCN(C(=O)OC(C)(C)C)CC4)ccc3-c3ccc(Cl)cc3)CC2)cc1. The van der Waals surface area contributed by atoms with Crippen molar-refractivity contribution in [3.8, 4) is 11.1 Å². The van der Waals surface area contributed by atoms with Gasteiger partial charge in [0.1, 0.15) is 5.60 Å². The summed E-state index contributed by atoms with van der Waals surface area (Å²) in [5.74, 6) is 0.274. The van der Waals surface area contributed by atoms with Crippen molar-refractivity contribution in [3.63, 3.8) is 0 Å². The Morgan fingerprint density at radius 2 is 1.52 bits per heavy atom. The minimum Gasteiger partial charge on any atom is -0.465 e. The van der Waals surface area contributed by atoms with Crippen molar-refractivity contribution in [1.82, 2.24) is 9.80 Å². The lowest BCUT2D eigenvalue weighted by Crippen LogP contribution is -2.49. The smallest absolute Gasteiger partial charge is 0.410 e. The number of amides is 1. The third kappa shape index (κ3) is 8.33. The van der Waals surface area contributed by atoms with Crippen LogP contribution in [0.3, 0.4) is 0 Å². The van der Waals surface area contributed by atoms with Gasteiger partial charge in [0.25, 0.3) is 0 Å². The van der Waals surface area contributed by atoms with E-state index in [1.807, 2.05) is 62.1 Å². The molecule has 1 amide bonds. The van der Waals surface area contributed by atoms with Crippen LogP contribution in [-0.4, -0.2) is 73.8 Å². The van der Waals surface area contributed by atoms with E-state index in [0.717, 1.165) is 62.7 Å². The zero-order valence-corrected chi connectivity index (χ0v) is 27.1. The third-order valence-electron chi connectivity index (χ3n) is 8.53. The normalized spacial score (nSPS) is 16.6. The molecular formula is C36H44ClN3O4. The second-order valence-corrected chi connectivity index (χ2v) is 13.4. The van der Waals surface area contributed by atoms with Gasteiger partial charge in [-0.25, -0.2) is 9.59 Å². The molecular weight excluding hydrogens is 574 g/mol. The van der Waals surface area contributed by atoms with Crippen LogP contribution in [0, 0.1) is 5.92 Å². The highest BCUT2D eigenvalue weighted by molar-refractivity contribution is 6.30. The molecule has 44 heavy (non-hydrogen) atoms. The summed E-state index contributed by atoms with van der Waals surface area (Å²) >= 11 is 6.22. The van der Waals surface area contributed by atoms with Crippen LogP contribution in [0.4, 0.5) is 10.5 Å². The second-order valence-electron chi connectivity index (χ2n) is 12.9. The molecule has 7 nitrogen and oxygen atoms in total. The number of nitrogens with zero attached hydrogens (tertiary/aromatic N) is 3. The maximum atomic E-state index is 12.5. The highest BCUT2D eigenvalue weighted by Gasteiger charge is 2.26. The predicted molar refractivity (Wildman–Crippen MR) is 176 cm³/mol. The van der Waals surface area contributed by atoms with Crippen LogP contribution in [0.1, 0.15) is 55.1 Å². The van der Waals surface area contributed by atoms with Gasteiger partial charge >= 0.3 is 12.1 Å². The Morgan fingerprint density at radius 3 is 2.14 bits per heavy atom. The fourth-order valence-electron chi connectivity index (χ4n) is 6.13. The van der Waals surface area contributed by atoms with Crippen molar-refractivity contribution in [1.29, 1.82) is 0 Å². The van der Waals surface area contributed by atoms with E-state index in [1.165, 1.54) is 29.4 Å². The zero-order chi connectivity index (χ0) is 31.3. The van der Waals surface area contributed by atoms with Crippen LogP contribution in [-0.2, 0) is 22.4 Å². The molecule has 0 N–H and O–H groups in total. The van der Waals surface area contributed by atoms with Gasteiger partial charge in [-0.2, -0.15) is 0 Å². The van der Waals surface area contributed by atoms with E-state index in [2.05, 4.69) is 40.1 Å². The summed E-state index contributed by atoms with van der Waals surface area (Å²) in [6, 6.07) is 22.8. The minimum absolute atomic E-state index is 0.226.